The molecule has 1 unspecified atom stereocenters. The van der Waals surface area contributed by atoms with E-state index in [1.165, 1.54) is 17.0 Å². The van der Waals surface area contributed by atoms with Gasteiger partial charge in [-0.3, -0.25) is 9.10 Å². The summed E-state index contributed by atoms with van der Waals surface area (Å²) in [5.41, 5.74) is 2.35. The minimum absolute atomic E-state index is 0.0662. The minimum atomic E-state index is -3.26. The van der Waals surface area contributed by atoms with Crippen molar-refractivity contribution in [3.8, 4) is 0 Å². The fourth-order valence-electron chi connectivity index (χ4n) is 3.61. The summed E-state index contributed by atoms with van der Waals surface area (Å²) in [4.78, 5) is 14.7. The fraction of sp³-hybridized carbons (Fsp3) is 0.588. The molecule has 0 bridgehead atoms. The Bertz CT molecular complexity index is 715. The van der Waals surface area contributed by atoms with Gasteiger partial charge in [-0.2, -0.15) is 0 Å². The Balaban J connectivity index is 1.90. The first-order valence-corrected chi connectivity index (χ1v) is 10.1. The molecule has 0 spiro atoms. The van der Waals surface area contributed by atoms with E-state index in [2.05, 4.69) is 6.92 Å². The van der Waals surface area contributed by atoms with Gasteiger partial charge in [0.2, 0.25) is 10.0 Å². The number of carbonyl (C=O) groups is 1. The van der Waals surface area contributed by atoms with Crippen LogP contribution in [0.5, 0.6) is 0 Å². The van der Waals surface area contributed by atoms with Gasteiger partial charge in [0.25, 0.3) is 5.91 Å². The van der Waals surface area contributed by atoms with Crippen molar-refractivity contribution in [2.45, 2.75) is 45.1 Å². The summed E-state index contributed by atoms with van der Waals surface area (Å²) in [5.74, 6) is 0.0662. The number of rotatable bonds is 2. The summed E-state index contributed by atoms with van der Waals surface area (Å²) in [6, 6.07) is 5.72. The number of nitrogens with zero attached hydrogens (tertiary/aromatic N) is 2. The topological polar surface area (TPSA) is 57.7 Å². The molecule has 0 aliphatic carbocycles. The molecule has 1 atom stereocenters. The predicted molar refractivity (Wildman–Crippen MR) is 91.3 cm³/mol. The highest BCUT2D eigenvalue weighted by atomic mass is 32.2. The van der Waals surface area contributed by atoms with Gasteiger partial charge in [0.1, 0.15) is 0 Å². The van der Waals surface area contributed by atoms with E-state index in [-0.39, 0.29) is 11.9 Å². The molecule has 0 radical (unpaired) electrons. The maximum absolute atomic E-state index is 12.8. The Morgan fingerprint density at radius 3 is 2.65 bits per heavy atom. The summed E-state index contributed by atoms with van der Waals surface area (Å²) < 4.78 is 25.3. The summed E-state index contributed by atoms with van der Waals surface area (Å²) in [7, 11) is -3.26. The molecule has 126 valence electrons. The van der Waals surface area contributed by atoms with E-state index < -0.39 is 10.0 Å². The van der Waals surface area contributed by atoms with Crippen molar-refractivity contribution in [1.82, 2.24) is 4.90 Å². The van der Waals surface area contributed by atoms with E-state index in [1.54, 1.807) is 12.1 Å². The number of sulfonamides is 1. The summed E-state index contributed by atoms with van der Waals surface area (Å²) in [6.07, 6.45) is 6.13. The lowest BCUT2D eigenvalue weighted by atomic mass is 9.98. The van der Waals surface area contributed by atoms with Crippen LogP contribution in [0.1, 0.15) is 48.5 Å². The van der Waals surface area contributed by atoms with Gasteiger partial charge >= 0.3 is 0 Å². The number of carbonyl (C=O) groups excluding carboxylic acids is 1. The number of hydrogen-bond acceptors (Lipinski definition) is 3. The fourth-order valence-corrected chi connectivity index (χ4v) is 4.60. The zero-order valence-corrected chi connectivity index (χ0v) is 14.6. The van der Waals surface area contributed by atoms with Gasteiger partial charge in [-0.15, -0.1) is 0 Å². The second-order valence-corrected chi connectivity index (χ2v) is 8.53. The molecule has 5 nitrogen and oxygen atoms in total. The van der Waals surface area contributed by atoms with Crippen LogP contribution >= 0.6 is 0 Å². The van der Waals surface area contributed by atoms with Crippen molar-refractivity contribution in [3.05, 3.63) is 29.3 Å². The highest BCUT2D eigenvalue weighted by Crippen LogP contribution is 2.30. The molecule has 0 saturated carbocycles. The molecule has 1 aromatic carbocycles. The van der Waals surface area contributed by atoms with Crippen LogP contribution < -0.4 is 4.31 Å². The lowest BCUT2D eigenvalue weighted by Gasteiger charge is -2.34. The van der Waals surface area contributed by atoms with Gasteiger partial charge in [-0.05, 0) is 62.8 Å². The molecular weight excluding hydrogens is 312 g/mol. The maximum atomic E-state index is 12.8. The molecule has 1 fully saturated rings. The van der Waals surface area contributed by atoms with Crippen molar-refractivity contribution < 1.29 is 13.2 Å². The van der Waals surface area contributed by atoms with E-state index in [0.717, 1.165) is 43.5 Å². The SMILES string of the molecule is CC1CCCCN1C(=O)c1ccc2c(c1)CCCN2S(C)(=O)=O. The van der Waals surface area contributed by atoms with E-state index in [0.29, 0.717) is 12.1 Å². The standard InChI is InChI=1S/C17H24N2O3S/c1-13-6-3-4-10-18(13)17(20)15-8-9-16-14(12-15)7-5-11-19(16)23(2,21)22/h8-9,12-13H,3-7,10-11H2,1-2H3. The summed E-state index contributed by atoms with van der Waals surface area (Å²) in [5, 5.41) is 0. The van der Waals surface area contributed by atoms with Gasteiger partial charge in [0.05, 0.1) is 11.9 Å². The first-order chi connectivity index (χ1) is 10.9. The Kier molecular flexibility index (Phi) is 4.36. The first kappa shape index (κ1) is 16.3. The number of fused-ring (bicyclic) bond motifs is 1. The molecule has 3 rings (SSSR count). The number of piperidine rings is 1. The summed E-state index contributed by atoms with van der Waals surface area (Å²) in [6.45, 7) is 3.43. The minimum Gasteiger partial charge on any atom is -0.336 e. The Morgan fingerprint density at radius 1 is 1.17 bits per heavy atom. The molecule has 1 amide bonds. The summed E-state index contributed by atoms with van der Waals surface area (Å²) >= 11 is 0. The van der Waals surface area contributed by atoms with Crippen LogP contribution in [-0.4, -0.2) is 44.6 Å². The molecule has 2 heterocycles. The van der Waals surface area contributed by atoms with Crippen LogP contribution in [0.2, 0.25) is 0 Å². The zero-order chi connectivity index (χ0) is 16.6. The highest BCUT2D eigenvalue weighted by Gasteiger charge is 2.27. The monoisotopic (exact) mass is 336 g/mol. The zero-order valence-electron chi connectivity index (χ0n) is 13.8. The normalized spacial score (nSPS) is 21.9. The average Bonchev–Trinajstić information content (AvgIpc) is 2.52. The smallest absolute Gasteiger partial charge is 0.254 e. The molecule has 1 aromatic rings. The van der Waals surface area contributed by atoms with E-state index in [1.807, 2.05) is 11.0 Å². The largest absolute Gasteiger partial charge is 0.336 e. The van der Waals surface area contributed by atoms with Gasteiger partial charge < -0.3 is 4.90 Å². The van der Waals surface area contributed by atoms with Crippen molar-refractivity contribution in [3.63, 3.8) is 0 Å². The number of likely N-dealkylation sites (tertiary alicyclic amines) is 1. The lowest BCUT2D eigenvalue weighted by molar-refractivity contribution is 0.0635. The Morgan fingerprint density at radius 2 is 1.96 bits per heavy atom. The third-order valence-electron chi connectivity index (χ3n) is 4.87. The van der Waals surface area contributed by atoms with Gasteiger partial charge in [-0.25, -0.2) is 8.42 Å². The van der Waals surface area contributed by atoms with Crippen molar-refractivity contribution in [2.24, 2.45) is 0 Å². The van der Waals surface area contributed by atoms with Crippen LogP contribution in [-0.2, 0) is 16.4 Å². The molecular formula is C17H24N2O3S. The Labute approximate surface area is 138 Å². The highest BCUT2D eigenvalue weighted by molar-refractivity contribution is 7.92. The lowest BCUT2D eigenvalue weighted by Crippen LogP contribution is -2.42. The maximum Gasteiger partial charge on any atom is 0.254 e. The number of anilines is 1. The van der Waals surface area contributed by atoms with E-state index >= 15 is 0 Å². The molecule has 23 heavy (non-hydrogen) atoms. The van der Waals surface area contributed by atoms with Crippen LogP contribution in [0.4, 0.5) is 5.69 Å². The third-order valence-corrected chi connectivity index (χ3v) is 6.05. The molecule has 2 aliphatic rings. The van der Waals surface area contributed by atoms with Crippen LogP contribution in [0.25, 0.3) is 0 Å². The molecule has 6 heteroatoms. The molecule has 2 aliphatic heterocycles. The first-order valence-electron chi connectivity index (χ1n) is 8.29. The quantitative estimate of drug-likeness (QED) is 0.833. The van der Waals surface area contributed by atoms with Gasteiger partial charge in [0.15, 0.2) is 0 Å². The number of benzene rings is 1. The van der Waals surface area contributed by atoms with Gasteiger partial charge in [0, 0.05) is 24.7 Å². The van der Waals surface area contributed by atoms with E-state index in [4.69, 9.17) is 0 Å². The van der Waals surface area contributed by atoms with Crippen molar-refractivity contribution >= 4 is 21.6 Å². The van der Waals surface area contributed by atoms with Crippen LogP contribution in [0, 0.1) is 0 Å². The van der Waals surface area contributed by atoms with E-state index in [9.17, 15) is 13.2 Å². The number of amides is 1. The third kappa shape index (κ3) is 3.22. The van der Waals surface area contributed by atoms with Crippen LogP contribution in [0.15, 0.2) is 18.2 Å². The second kappa shape index (κ2) is 6.15. The van der Waals surface area contributed by atoms with Gasteiger partial charge in [-0.1, -0.05) is 0 Å². The second-order valence-electron chi connectivity index (χ2n) is 6.63. The predicted octanol–water partition coefficient (Wildman–Crippen LogP) is 2.41. The molecule has 1 saturated heterocycles. The number of hydrogen-bond donors (Lipinski definition) is 0. The Hall–Kier alpha value is -1.56. The van der Waals surface area contributed by atoms with Crippen molar-refractivity contribution in [1.29, 1.82) is 0 Å². The van der Waals surface area contributed by atoms with Crippen LogP contribution in [0.3, 0.4) is 0 Å². The molecule has 0 N–H and O–H groups in total. The average molecular weight is 336 g/mol. The molecule has 0 aromatic heterocycles. The number of aryl methyl sites for hydroxylation is 1. The van der Waals surface area contributed by atoms with Crippen molar-refractivity contribution in [2.75, 3.05) is 23.7 Å².